The number of amides is 1. The van der Waals surface area contributed by atoms with Crippen LogP contribution in [0.25, 0.3) is 22.8 Å². The molecule has 0 N–H and O–H groups in total. The van der Waals surface area contributed by atoms with Gasteiger partial charge in [-0.05, 0) is 56.0 Å². The number of ether oxygens (including phenoxy) is 2. The van der Waals surface area contributed by atoms with Gasteiger partial charge in [0.1, 0.15) is 11.8 Å². The van der Waals surface area contributed by atoms with Gasteiger partial charge in [0.05, 0.1) is 18.3 Å². The molecule has 1 saturated heterocycles. The van der Waals surface area contributed by atoms with Crippen LogP contribution in [0.5, 0.6) is 5.75 Å². The molecule has 1 aliphatic carbocycles. The van der Waals surface area contributed by atoms with E-state index in [-0.39, 0.29) is 17.4 Å². The number of rotatable bonds is 7. The average molecular weight is 473 g/mol. The lowest BCUT2D eigenvalue weighted by molar-refractivity contribution is -0.128. The number of hydrogen-bond donors (Lipinski definition) is 0. The molecule has 1 atom stereocenters. The highest BCUT2D eigenvalue weighted by atomic mass is 16.5. The number of carbonyl (C=O) groups excluding carboxylic acids is 1. The maximum Gasteiger partial charge on any atom is 0.258 e. The van der Waals surface area contributed by atoms with Crippen LogP contribution >= 0.6 is 0 Å². The first-order valence-electron chi connectivity index (χ1n) is 11.9. The molecule has 0 saturated carbocycles. The number of aromatic nitrogens is 2. The smallest absolute Gasteiger partial charge is 0.258 e. The quantitative estimate of drug-likeness (QED) is 0.510. The summed E-state index contributed by atoms with van der Waals surface area (Å²) in [5, 5.41) is 13.8. The molecule has 8 heteroatoms. The fraction of sp³-hybridized carbons (Fsp3) is 0.407. The summed E-state index contributed by atoms with van der Waals surface area (Å²) in [6, 6.07) is 13.6. The van der Waals surface area contributed by atoms with Crippen LogP contribution in [-0.4, -0.2) is 53.9 Å². The van der Waals surface area contributed by atoms with Gasteiger partial charge in [0.2, 0.25) is 11.7 Å². The van der Waals surface area contributed by atoms with E-state index in [2.05, 4.69) is 22.3 Å². The lowest BCUT2D eigenvalue weighted by atomic mass is 9.80. The van der Waals surface area contributed by atoms with Crippen molar-refractivity contribution < 1.29 is 18.8 Å². The molecule has 2 aliphatic rings. The number of hydrogen-bond acceptors (Lipinski definition) is 7. The van der Waals surface area contributed by atoms with E-state index in [9.17, 15) is 10.1 Å². The molecule has 180 valence electrons. The van der Waals surface area contributed by atoms with Gasteiger partial charge in [-0.15, -0.1) is 0 Å². The molecule has 1 spiro atoms. The Kier molecular flexibility index (Phi) is 6.03. The third-order valence-electron chi connectivity index (χ3n) is 6.88. The minimum absolute atomic E-state index is 0.0337. The average Bonchev–Trinajstić information content (AvgIpc) is 3.55. The van der Waals surface area contributed by atoms with Crippen LogP contribution in [0, 0.1) is 11.3 Å². The Labute approximate surface area is 204 Å². The molecule has 35 heavy (non-hydrogen) atoms. The topological polar surface area (TPSA) is 101 Å². The first-order chi connectivity index (χ1) is 16.9. The monoisotopic (exact) mass is 472 g/mol. The molecule has 3 aromatic rings. The third kappa shape index (κ3) is 4.17. The Bertz CT molecular complexity index is 1310. The summed E-state index contributed by atoms with van der Waals surface area (Å²) in [7, 11) is 1.65. The van der Waals surface area contributed by atoms with Crippen molar-refractivity contribution in [2.45, 2.75) is 44.6 Å². The number of nitriles is 1. The fourth-order valence-corrected chi connectivity index (χ4v) is 5.28. The van der Waals surface area contributed by atoms with Crippen molar-refractivity contribution in [1.82, 2.24) is 15.0 Å². The summed E-state index contributed by atoms with van der Waals surface area (Å²) < 4.78 is 16.5. The van der Waals surface area contributed by atoms with E-state index < -0.39 is 0 Å². The Morgan fingerprint density at radius 1 is 1.29 bits per heavy atom. The summed E-state index contributed by atoms with van der Waals surface area (Å²) in [6.45, 7) is 5.70. The number of likely N-dealkylation sites (tertiary alicyclic amines) is 1. The normalized spacial score (nSPS) is 18.9. The predicted octanol–water partition coefficient (Wildman–Crippen LogP) is 4.13. The van der Waals surface area contributed by atoms with E-state index in [1.165, 1.54) is 11.1 Å². The molecule has 0 unspecified atom stereocenters. The number of benzene rings is 2. The van der Waals surface area contributed by atoms with Crippen LogP contribution in [0.15, 0.2) is 40.9 Å². The van der Waals surface area contributed by atoms with E-state index in [4.69, 9.17) is 14.0 Å². The summed E-state index contributed by atoms with van der Waals surface area (Å²) in [5.74, 6) is 1.57. The Morgan fingerprint density at radius 3 is 2.91 bits per heavy atom. The van der Waals surface area contributed by atoms with Gasteiger partial charge in [-0.25, -0.2) is 0 Å². The molecular formula is C27H28N4O4. The molecule has 8 nitrogen and oxygen atoms in total. The molecule has 1 amide bonds. The van der Waals surface area contributed by atoms with Gasteiger partial charge >= 0.3 is 0 Å². The van der Waals surface area contributed by atoms with Gasteiger partial charge in [-0.2, -0.15) is 10.2 Å². The summed E-state index contributed by atoms with van der Waals surface area (Å²) in [4.78, 5) is 19.3. The molecule has 0 radical (unpaired) electrons. The van der Waals surface area contributed by atoms with Crippen LogP contribution < -0.4 is 4.74 Å². The second-order valence-corrected chi connectivity index (χ2v) is 9.51. The second kappa shape index (κ2) is 9.16. The zero-order chi connectivity index (χ0) is 24.6. The van der Waals surface area contributed by atoms with Crippen molar-refractivity contribution in [3.8, 4) is 34.7 Å². The SMILES string of the molecule is COCCN1C[C@]2(CCc3c(-c4noc(-c5ccc(OC(C)C)c(C#N)c5)n4)cccc32)CC1=O. The molecule has 2 heterocycles. The molecular weight excluding hydrogens is 444 g/mol. The highest BCUT2D eigenvalue weighted by Gasteiger charge is 2.48. The van der Waals surface area contributed by atoms with Crippen LogP contribution in [0.3, 0.4) is 0 Å². The van der Waals surface area contributed by atoms with Gasteiger partial charge in [0.25, 0.3) is 5.89 Å². The van der Waals surface area contributed by atoms with Crippen molar-refractivity contribution in [3.05, 3.63) is 53.1 Å². The lowest BCUT2D eigenvalue weighted by Crippen LogP contribution is -2.32. The Morgan fingerprint density at radius 2 is 2.14 bits per heavy atom. The number of methoxy groups -OCH3 is 1. The standard InChI is InChI=1S/C27H28N4O4/c1-17(2)34-23-8-7-18(13-19(23)15-28)26-29-25(30-35-26)21-5-4-6-22-20(21)9-10-27(22)14-24(32)31(16-27)11-12-33-3/h4-8,13,17H,9-12,14,16H2,1-3H3/t27-/m0/s1. The maximum atomic E-state index is 12.7. The van der Waals surface area contributed by atoms with Crippen molar-refractivity contribution in [3.63, 3.8) is 0 Å². The summed E-state index contributed by atoms with van der Waals surface area (Å²) in [5.41, 5.74) is 4.23. The van der Waals surface area contributed by atoms with Gasteiger partial charge in [0.15, 0.2) is 0 Å². The first kappa shape index (κ1) is 23.1. The van der Waals surface area contributed by atoms with Crippen LogP contribution in [0.4, 0.5) is 0 Å². The molecule has 1 aliphatic heterocycles. The second-order valence-electron chi connectivity index (χ2n) is 9.51. The Hall–Kier alpha value is -3.70. The van der Waals surface area contributed by atoms with Crippen molar-refractivity contribution in [2.24, 2.45) is 0 Å². The summed E-state index contributed by atoms with van der Waals surface area (Å²) >= 11 is 0. The summed E-state index contributed by atoms with van der Waals surface area (Å²) in [6.07, 6.45) is 2.27. The fourth-order valence-electron chi connectivity index (χ4n) is 5.28. The number of fused-ring (bicyclic) bond motifs is 2. The molecule has 1 aromatic heterocycles. The van der Waals surface area contributed by atoms with Crippen molar-refractivity contribution >= 4 is 5.91 Å². The van der Waals surface area contributed by atoms with Crippen molar-refractivity contribution in [2.75, 3.05) is 26.8 Å². The molecule has 0 bridgehead atoms. The minimum atomic E-state index is -0.170. The zero-order valence-corrected chi connectivity index (χ0v) is 20.2. The largest absolute Gasteiger partial charge is 0.490 e. The van der Waals surface area contributed by atoms with Crippen LogP contribution in [-0.2, 0) is 21.4 Å². The van der Waals surface area contributed by atoms with Gasteiger partial charge in [-0.1, -0.05) is 23.4 Å². The lowest BCUT2D eigenvalue weighted by Gasteiger charge is -2.25. The third-order valence-corrected chi connectivity index (χ3v) is 6.88. The number of nitrogens with zero attached hydrogens (tertiary/aromatic N) is 4. The maximum absolute atomic E-state index is 12.7. The van der Waals surface area contributed by atoms with E-state index in [1.807, 2.05) is 36.9 Å². The molecule has 1 fully saturated rings. The minimum Gasteiger partial charge on any atom is -0.490 e. The highest BCUT2D eigenvalue weighted by molar-refractivity contribution is 5.82. The van der Waals surface area contributed by atoms with Gasteiger partial charge in [-0.3, -0.25) is 4.79 Å². The van der Waals surface area contributed by atoms with E-state index in [0.717, 1.165) is 18.4 Å². The van der Waals surface area contributed by atoms with Crippen molar-refractivity contribution in [1.29, 1.82) is 5.26 Å². The van der Waals surface area contributed by atoms with E-state index in [0.29, 0.717) is 54.7 Å². The predicted molar refractivity (Wildman–Crippen MR) is 129 cm³/mol. The highest BCUT2D eigenvalue weighted by Crippen LogP contribution is 2.48. The van der Waals surface area contributed by atoms with Crippen LogP contribution in [0.1, 0.15) is 43.4 Å². The van der Waals surface area contributed by atoms with Crippen LogP contribution in [0.2, 0.25) is 0 Å². The van der Waals surface area contributed by atoms with E-state index >= 15 is 0 Å². The van der Waals surface area contributed by atoms with Gasteiger partial charge < -0.3 is 18.9 Å². The van der Waals surface area contributed by atoms with Gasteiger partial charge in [0, 0.05) is 43.2 Å². The first-order valence-corrected chi connectivity index (χ1v) is 11.9. The number of carbonyl (C=O) groups is 1. The molecule has 5 rings (SSSR count). The Balaban J connectivity index is 1.44. The molecule has 2 aromatic carbocycles. The zero-order valence-electron chi connectivity index (χ0n) is 20.2. The van der Waals surface area contributed by atoms with E-state index in [1.54, 1.807) is 19.2 Å².